The highest BCUT2D eigenvalue weighted by Crippen LogP contribution is 2.08. The minimum absolute atomic E-state index is 0.00484. The van der Waals surface area contributed by atoms with E-state index in [0.717, 1.165) is 18.8 Å². The van der Waals surface area contributed by atoms with Gasteiger partial charge in [-0.05, 0) is 19.1 Å². The van der Waals surface area contributed by atoms with Crippen LogP contribution in [0.25, 0.3) is 0 Å². The Hall–Kier alpha value is -1.46. The van der Waals surface area contributed by atoms with Crippen molar-refractivity contribution in [3.8, 4) is 0 Å². The summed E-state index contributed by atoms with van der Waals surface area (Å²) >= 11 is 0. The zero-order valence-corrected chi connectivity index (χ0v) is 10.8. The summed E-state index contributed by atoms with van der Waals surface area (Å²) in [6.07, 6.45) is 1.77. The molecule has 5 nitrogen and oxygen atoms in total. The van der Waals surface area contributed by atoms with Gasteiger partial charge in [0.05, 0.1) is 18.3 Å². The minimum atomic E-state index is -0.00484. The van der Waals surface area contributed by atoms with Crippen LogP contribution >= 0.6 is 0 Å². The quantitative estimate of drug-likeness (QED) is 0.845. The standard InChI is InChI=1S/C13H19N3O2/c1-10-12(4-3-5-15-10)13(17)16(2)9-11-8-14-6-7-18-11/h3-5,11,14H,6-9H2,1-2H3. The van der Waals surface area contributed by atoms with Gasteiger partial charge in [0.2, 0.25) is 0 Å². The summed E-state index contributed by atoms with van der Waals surface area (Å²) in [5.74, 6) is -0.00484. The summed E-state index contributed by atoms with van der Waals surface area (Å²) in [5, 5.41) is 3.25. The molecule has 1 atom stereocenters. The van der Waals surface area contributed by atoms with Gasteiger partial charge in [0.15, 0.2) is 0 Å². The SMILES string of the molecule is Cc1ncccc1C(=O)N(C)CC1CNCCO1. The zero-order valence-electron chi connectivity index (χ0n) is 10.8. The third-order valence-electron chi connectivity index (χ3n) is 3.07. The maximum atomic E-state index is 12.2. The average molecular weight is 249 g/mol. The number of amides is 1. The molecule has 98 valence electrons. The van der Waals surface area contributed by atoms with Crippen molar-refractivity contribution < 1.29 is 9.53 Å². The normalized spacial score (nSPS) is 19.6. The smallest absolute Gasteiger partial charge is 0.255 e. The number of likely N-dealkylation sites (N-methyl/N-ethyl adjacent to an activating group) is 1. The number of nitrogens with one attached hydrogen (secondary N) is 1. The van der Waals surface area contributed by atoms with Gasteiger partial charge in [-0.3, -0.25) is 9.78 Å². The molecule has 1 N–H and O–H groups in total. The van der Waals surface area contributed by atoms with Crippen LogP contribution in [-0.2, 0) is 4.74 Å². The molecule has 0 spiro atoms. The summed E-state index contributed by atoms with van der Waals surface area (Å²) in [5.41, 5.74) is 1.42. The van der Waals surface area contributed by atoms with E-state index in [1.54, 1.807) is 30.3 Å². The van der Waals surface area contributed by atoms with E-state index in [-0.39, 0.29) is 12.0 Å². The monoisotopic (exact) mass is 249 g/mol. The summed E-state index contributed by atoms with van der Waals surface area (Å²) in [6.45, 7) is 4.83. The van der Waals surface area contributed by atoms with Crippen molar-refractivity contribution in [3.63, 3.8) is 0 Å². The van der Waals surface area contributed by atoms with E-state index in [1.807, 2.05) is 6.92 Å². The summed E-state index contributed by atoms with van der Waals surface area (Å²) in [6, 6.07) is 3.59. The molecule has 1 aromatic heterocycles. The van der Waals surface area contributed by atoms with Crippen LogP contribution in [0, 0.1) is 6.92 Å². The first kappa shape index (κ1) is 13.0. The number of pyridine rings is 1. The largest absolute Gasteiger partial charge is 0.374 e. The lowest BCUT2D eigenvalue weighted by molar-refractivity contribution is 0.0103. The van der Waals surface area contributed by atoms with E-state index < -0.39 is 0 Å². The fourth-order valence-corrected chi connectivity index (χ4v) is 2.04. The van der Waals surface area contributed by atoms with E-state index in [0.29, 0.717) is 18.7 Å². The molecule has 5 heteroatoms. The Bertz CT molecular complexity index is 416. The van der Waals surface area contributed by atoms with Crippen LogP contribution in [0.2, 0.25) is 0 Å². The lowest BCUT2D eigenvalue weighted by Crippen LogP contribution is -2.45. The second-order valence-electron chi connectivity index (χ2n) is 4.52. The molecule has 0 bridgehead atoms. The van der Waals surface area contributed by atoms with Crippen LogP contribution in [0.5, 0.6) is 0 Å². The Labute approximate surface area is 107 Å². The van der Waals surface area contributed by atoms with Crippen molar-refractivity contribution in [2.24, 2.45) is 0 Å². The average Bonchev–Trinajstić information content (AvgIpc) is 2.39. The third kappa shape index (κ3) is 3.05. The molecule has 0 saturated carbocycles. The van der Waals surface area contributed by atoms with E-state index in [4.69, 9.17) is 4.74 Å². The van der Waals surface area contributed by atoms with Gasteiger partial charge >= 0.3 is 0 Å². The Morgan fingerprint density at radius 1 is 1.67 bits per heavy atom. The number of aryl methyl sites for hydroxylation is 1. The Morgan fingerprint density at radius 3 is 3.17 bits per heavy atom. The third-order valence-corrected chi connectivity index (χ3v) is 3.07. The Morgan fingerprint density at radius 2 is 2.50 bits per heavy atom. The van der Waals surface area contributed by atoms with Gasteiger partial charge in [0.25, 0.3) is 5.91 Å². The summed E-state index contributed by atoms with van der Waals surface area (Å²) in [4.78, 5) is 18.1. The topological polar surface area (TPSA) is 54.5 Å². The van der Waals surface area contributed by atoms with Crippen LogP contribution in [0.3, 0.4) is 0 Å². The van der Waals surface area contributed by atoms with Crippen molar-refractivity contribution in [2.45, 2.75) is 13.0 Å². The van der Waals surface area contributed by atoms with Crippen molar-refractivity contribution in [3.05, 3.63) is 29.6 Å². The van der Waals surface area contributed by atoms with Gasteiger partial charge < -0.3 is 15.0 Å². The molecule has 1 saturated heterocycles. The van der Waals surface area contributed by atoms with Crippen molar-refractivity contribution in [1.29, 1.82) is 0 Å². The van der Waals surface area contributed by atoms with Gasteiger partial charge in [0, 0.05) is 38.6 Å². The number of ether oxygens (including phenoxy) is 1. The first-order chi connectivity index (χ1) is 8.68. The molecule has 2 heterocycles. The second-order valence-corrected chi connectivity index (χ2v) is 4.52. The molecule has 1 aliphatic heterocycles. The highest BCUT2D eigenvalue weighted by atomic mass is 16.5. The maximum absolute atomic E-state index is 12.2. The number of carbonyl (C=O) groups excluding carboxylic acids is 1. The predicted octanol–water partition coefficient (Wildman–Crippen LogP) is 0.450. The fraction of sp³-hybridized carbons (Fsp3) is 0.538. The van der Waals surface area contributed by atoms with E-state index in [1.165, 1.54) is 0 Å². The Kier molecular flexibility index (Phi) is 4.28. The molecule has 0 aliphatic carbocycles. The zero-order chi connectivity index (χ0) is 13.0. The van der Waals surface area contributed by atoms with E-state index in [9.17, 15) is 4.79 Å². The van der Waals surface area contributed by atoms with Gasteiger partial charge in [-0.2, -0.15) is 0 Å². The molecular formula is C13H19N3O2. The molecular weight excluding hydrogens is 230 g/mol. The lowest BCUT2D eigenvalue weighted by Gasteiger charge is -2.28. The van der Waals surface area contributed by atoms with E-state index >= 15 is 0 Å². The molecule has 1 aromatic rings. The van der Waals surface area contributed by atoms with Crippen LogP contribution in [0.15, 0.2) is 18.3 Å². The van der Waals surface area contributed by atoms with Gasteiger partial charge in [0.1, 0.15) is 0 Å². The predicted molar refractivity (Wildman–Crippen MR) is 68.5 cm³/mol. The molecule has 1 amide bonds. The van der Waals surface area contributed by atoms with Gasteiger partial charge in [-0.15, -0.1) is 0 Å². The lowest BCUT2D eigenvalue weighted by atomic mass is 10.1. The first-order valence-electron chi connectivity index (χ1n) is 6.18. The summed E-state index contributed by atoms with van der Waals surface area (Å²) in [7, 11) is 1.80. The van der Waals surface area contributed by atoms with Gasteiger partial charge in [-0.1, -0.05) is 0 Å². The van der Waals surface area contributed by atoms with Crippen molar-refractivity contribution in [1.82, 2.24) is 15.2 Å². The number of hydrogen-bond donors (Lipinski definition) is 1. The number of morpholine rings is 1. The number of hydrogen-bond acceptors (Lipinski definition) is 4. The number of nitrogens with zero attached hydrogens (tertiary/aromatic N) is 2. The highest BCUT2D eigenvalue weighted by molar-refractivity contribution is 5.95. The van der Waals surface area contributed by atoms with Crippen molar-refractivity contribution in [2.75, 3.05) is 33.3 Å². The molecule has 1 fully saturated rings. The molecule has 2 rings (SSSR count). The van der Waals surface area contributed by atoms with Crippen LogP contribution < -0.4 is 5.32 Å². The highest BCUT2D eigenvalue weighted by Gasteiger charge is 2.20. The van der Waals surface area contributed by atoms with Crippen LogP contribution in [-0.4, -0.2) is 55.2 Å². The molecule has 18 heavy (non-hydrogen) atoms. The van der Waals surface area contributed by atoms with Gasteiger partial charge in [-0.25, -0.2) is 0 Å². The minimum Gasteiger partial charge on any atom is -0.374 e. The van der Waals surface area contributed by atoms with E-state index in [2.05, 4.69) is 10.3 Å². The Balaban J connectivity index is 1.98. The first-order valence-corrected chi connectivity index (χ1v) is 6.18. The maximum Gasteiger partial charge on any atom is 0.255 e. The molecule has 0 radical (unpaired) electrons. The fourth-order valence-electron chi connectivity index (χ4n) is 2.04. The number of rotatable bonds is 3. The van der Waals surface area contributed by atoms with Crippen LogP contribution in [0.1, 0.15) is 16.1 Å². The second kappa shape index (κ2) is 5.93. The number of carbonyl (C=O) groups is 1. The summed E-state index contributed by atoms with van der Waals surface area (Å²) < 4.78 is 5.59. The molecule has 1 unspecified atom stereocenters. The van der Waals surface area contributed by atoms with Crippen LogP contribution in [0.4, 0.5) is 0 Å². The van der Waals surface area contributed by atoms with Crippen molar-refractivity contribution >= 4 is 5.91 Å². The molecule has 1 aliphatic rings. The molecule has 0 aromatic carbocycles. The number of aromatic nitrogens is 1.